The molecule has 1 aromatic heterocycles. The van der Waals surface area contributed by atoms with E-state index in [9.17, 15) is 9.90 Å². The largest absolute Gasteiger partial charge is 0.492 e. The van der Waals surface area contributed by atoms with Crippen LogP contribution in [-0.2, 0) is 13.1 Å². The molecule has 0 spiro atoms. The van der Waals surface area contributed by atoms with Crippen LogP contribution in [0.5, 0.6) is 11.5 Å². The van der Waals surface area contributed by atoms with E-state index in [-0.39, 0.29) is 18.3 Å². The number of benzene rings is 3. The predicted molar refractivity (Wildman–Crippen MR) is 191 cm³/mol. The van der Waals surface area contributed by atoms with E-state index < -0.39 is 0 Å². The molecule has 0 radical (unpaired) electrons. The molecule has 10 nitrogen and oxygen atoms in total. The van der Waals surface area contributed by atoms with Gasteiger partial charge in [-0.1, -0.05) is 29.8 Å². The van der Waals surface area contributed by atoms with Gasteiger partial charge in [0.05, 0.1) is 35.8 Å². The third kappa shape index (κ3) is 8.74. The second kappa shape index (κ2) is 16.3. The normalized spacial score (nSPS) is 16.9. The molecule has 0 amide bonds. The molecular weight excluding hydrogens is 628 g/mol. The third-order valence-corrected chi connectivity index (χ3v) is 9.33. The van der Waals surface area contributed by atoms with Crippen LogP contribution in [0.25, 0.3) is 16.6 Å². The summed E-state index contributed by atoms with van der Waals surface area (Å²) in [6, 6.07) is 21.3. The van der Waals surface area contributed by atoms with Crippen LogP contribution in [-0.4, -0.2) is 119 Å². The molecule has 0 atom stereocenters. The Balaban J connectivity index is 1.21. The number of aliphatic hydroxyl groups is 1. The predicted octanol–water partition coefficient (Wildman–Crippen LogP) is 4.13. The standard InChI is InChI=1S/C37H47ClN6O4/c1-28(2)48-35-12-7-29(26-42-17-13-40(14-18-42)21-23-45)25-34(35)44-36(39-33-6-4-3-5-32(33)37(44)46)27-43-19-15-41(16-20-43)22-24-47-31-10-8-30(38)9-11-31/h3-12,25,28,45H,13-24,26-27H2,1-2H3. The molecule has 11 heteroatoms. The molecule has 0 saturated carbocycles. The summed E-state index contributed by atoms with van der Waals surface area (Å²) < 4.78 is 14.0. The number of hydrogen-bond acceptors (Lipinski definition) is 9. The van der Waals surface area contributed by atoms with Gasteiger partial charge in [-0.2, -0.15) is 0 Å². The van der Waals surface area contributed by atoms with Gasteiger partial charge in [0, 0.05) is 77.0 Å². The van der Waals surface area contributed by atoms with Crippen molar-refractivity contribution in [2.75, 3.05) is 78.7 Å². The number of piperazine rings is 2. The molecule has 1 N–H and O–H groups in total. The van der Waals surface area contributed by atoms with Crippen LogP contribution in [0, 0.1) is 0 Å². The molecule has 2 aliphatic rings. The van der Waals surface area contributed by atoms with E-state index in [2.05, 4.69) is 31.7 Å². The van der Waals surface area contributed by atoms with Crippen LogP contribution in [0.15, 0.2) is 71.5 Å². The number of β-amino-alcohol motifs (C(OH)–C–C–N with tert-alkyl or cyclic N) is 1. The van der Waals surface area contributed by atoms with Gasteiger partial charge in [0.2, 0.25) is 0 Å². The highest BCUT2D eigenvalue weighted by Crippen LogP contribution is 2.28. The van der Waals surface area contributed by atoms with Gasteiger partial charge in [0.1, 0.15) is 23.9 Å². The Kier molecular flexibility index (Phi) is 11.6. The average Bonchev–Trinajstić information content (AvgIpc) is 3.08. The van der Waals surface area contributed by atoms with E-state index >= 15 is 0 Å². The van der Waals surface area contributed by atoms with Gasteiger partial charge in [-0.3, -0.25) is 29.0 Å². The van der Waals surface area contributed by atoms with E-state index in [1.54, 1.807) is 4.57 Å². The van der Waals surface area contributed by atoms with Crippen molar-refractivity contribution in [3.8, 4) is 17.2 Å². The molecule has 4 aromatic rings. The zero-order valence-electron chi connectivity index (χ0n) is 28.1. The fourth-order valence-corrected chi connectivity index (χ4v) is 6.61. The molecule has 0 aliphatic carbocycles. The zero-order chi connectivity index (χ0) is 33.5. The highest BCUT2D eigenvalue weighted by Gasteiger charge is 2.23. The maximum absolute atomic E-state index is 14.3. The maximum Gasteiger partial charge on any atom is 0.266 e. The van der Waals surface area contributed by atoms with E-state index in [0.717, 1.165) is 82.4 Å². The van der Waals surface area contributed by atoms with Gasteiger partial charge in [0.25, 0.3) is 5.56 Å². The minimum Gasteiger partial charge on any atom is -0.492 e. The number of hydrogen-bond donors (Lipinski definition) is 1. The van der Waals surface area contributed by atoms with Crippen molar-refractivity contribution < 1.29 is 14.6 Å². The summed E-state index contributed by atoms with van der Waals surface area (Å²) in [5, 5.41) is 10.6. The van der Waals surface area contributed by atoms with Gasteiger partial charge in [0.15, 0.2) is 0 Å². The number of aliphatic hydroxyl groups excluding tert-OH is 1. The van der Waals surface area contributed by atoms with Gasteiger partial charge in [-0.15, -0.1) is 0 Å². The summed E-state index contributed by atoms with van der Waals surface area (Å²) in [6.07, 6.45) is -0.0569. The van der Waals surface area contributed by atoms with Gasteiger partial charge in [-0.05, 0) is 67.9 Å². The Hall–Kier alpha value is -3.51. The number of halogens is 1. The van der Waals surface area contributed by atoms with Crippen molar-refractivity contribution in [1.82, 2.24) is 29.2 Å². The smallest absolute Gasteiger partial charge is 0.266 e. The van der Waals surface area contributed by atoms with Crippen LogP contribution in [0.3, 0.4) is 0 Å². The lowest BCUT2D eigenvalue weighted by Crippen LogP contribution is -2.47. The van der Waals surface area contributed by atoms with E-state index in [1.165, 1.54) is 0 Å². The van der Waals surface area contributed by atoms with Crippen molar-refractivity contribution >= 4 is 22.5 Å². The van der Waals surface area contributed by atoms with Crippen LogP contribution in [0.2, 0.25) is 5.02 Å². The Morgan fingerprint density at radius 2 is 1.46 bits per heavy atom. The second-order valence-corrected chi connectivity index (χ2v) is 13.4. The molecule has 2 fully saturated rings. The van der Waals surface area contributed by atoms with Crippen molar-refractivity contribution in [2.24, 2.45) is 0 Å². The topological polar surface area (TPSA) is 86.5 Å². The Bertz CT molecular complexity index is 1700. The summed E-state index contributed by atoms with van der Waals surface area (Å²) in [5.41, 5.74) is 2.47. The van der Waals surface area contributed by atoms with Crippen LogP contribution in [0.1, 0.15) is 25.2 Å². The number of nitrogens with zero attached hydrogens (tertiary/aromatic N) is 6. The summed E-state index contributed by atoms with van der Waals surface area (Å²) in [7, 11) is 0. The number of ether oxygens (including phenoxy) is 2. The van der Waals surface area contributed by atoms with Crippen LogP contribution in [0.4, 0.5) is 0 Å². The van der Waals surface area contributed by atoms with Gasteiger partial charge >= 0.3 is 0 Å². The highest BCUT2D eigenvalue weighted by atomic mass is 35.5. The summed E-state index contributed by atoms with van der Waals surface area (Å²) in [5.74, 6) is 2.21. The SMILES string of the molecule is CC(C)Oc1ccc(CN2CCN(CCO)CC2)cc1-n1c(CN2CCN(CCOc3ccc(Cl)cc3)CC2)nc2ccccc2c1=O. The summed E-state index contributed by atoms with van der Waals surface area (Å²) in [4.78, 5) is 28.9. The highest BCUT2D eigenvalue weighted by molar-refractivity contribution is 6.30. The molecule has 6 rings (SSSR count). The average molecular weight is 675 g/mol. The van der Waals surface area contributed by atoms with Crippen molar-refractivity contribution in [3.63, 3.8) is 0 Å². The summed E-state index contributed by atoms with van der Waals surface area (Å²) in [6.45, 7) is 15.0. The number of para-hydroxylation sites is 1. The Morgan fingerprint density at radius 3 is 2.15 bits per heavy atom. The molecule has 0 bridgehead atoms. The first-order chi connectivity index (χ1) is 23.4. The quantitative estimate of drug-likeness (QED) is 0.225. The number of aromatic nitrogens is 2. The third-order valence-electron chi connectivity index (χ3n) is 9.08. The van der Waals surface area contributed by atoms with Crippen molar-refractivity contribution in [3.05, 3.63) is 93.5 Å². The first-order valence-electron chi connectivity index (χ1n) is 17.1. The lowest BCUT2D eigenvalue weighted by atomic mass is 10.1. The fourth-order valence-electron chi connectivity index (χ4n) is 6.49. The second-order valence-electron chi connectivity index (χ2n) is 12.9. The molecule has 2 aliphatic heterocycles. The number of rotatable bonds is 13. The molecular formula is C37H47ClN6O4. The molecule has 48 heavy (non-hydrogen) atoms. The van der Waals surface area contributed by atoms with Gasteiger partial charge < -0.3 is 14.6 Å². The molecule has 3 aromatic carbocycles. The molecule has 0 unspecified atom stereocenters. The van der Waals surface area contributed by atoms with E-state index in [4.69, 9.17) is 26.1 Å². The monoisotopic (exact) mass is 674 g/mol. The van der Waals surface area contributed by atoms with E-state index in [1.807, 2.05) is 68.4 Å². The lowest BCUT2D eigenvalue weighted by molar-refractivity contribution is 0.108. The fraction of sp³-hybridized carbons (Fsp3) is 0.459. The maximum atomic E-state index is 14.3. The zero-order valence-corrected chi connectivity index (χ0v) is 28.8. The van der Waals surface area contributed by atoms with Crippen LogP contribution < -0.4 is 15.0 Å². The molecule has 2 saturated heterocycles. The molecule has 3 heterocycles. The van der Waals surface area contributed by atoms with Crippen LogP contribution >= 0.6 is 11.6 Å². The van der Waals surface area contributed by atoms with Gasteiger partial charge in [-0.25, -0.2) is 4.98 Å². The van der Waals surface area contributed by atoms with Crippen molar-refractivity contribution in [2.45, 2.75) is 33.0 Å². The minimum absolute atomic E-state index is 0.0569. The summed E-state index contributed by atoms with van der Waals surface area (Å²) >= 11 is 6.00. The first-order valence-corrected chi connectivity index (χ1v) is 17.4. The lowest BCUT2D eigenvalue weighted by Gasteiger charge is -2.35. The van der Waals surface area contributed by atoms with Crippen molar-refractivity contribution in [1.29, 1.82) is 0 Å². The molecule has 256 valence electrons. The Morgan fingerprint density at radius 1 is 0.812 bits per heavy atom. The Labute approximate surface area is 288 Å². The first kappa shape index (κ1) is 34.4. The number of fused-ring (bicyclic) bond motifs is 1. The van der Waals surface area contributed by atoms with E-state index in [0.29, 0.717) is 47.2 Å². The minimum atomic E-state index is -0.0861.